The zero-order valence-electron chi connectivity index (χ0n) is 22.8. The number of methoxy groups -OCH3 is 3. The van der Waals surface area contributed by atoms with Gasteiger partial charge in [0.05, 0.1) is 38.1 Å². The number of anilines is 3. The molecule has 13 heteroatoms. The van der Waals surface area contributed by atoms with Gasteiger partial charge in [0.2, 0.25) is 0 Å². The lowest BCUT2D eigenvalue weighted by Gasteiger charge is -2.22. The Kier molecular flexibility index (Phi) is 6.70. The molecule has 212 valence electrons. The quantitative estimate of drug-likeness (QED) is 0.245. The fourth-order valence-electron chi connectivity index (χ4n) is 5.31. The molecule has 0 radical (unpaired) electrons. The number of rotatable bonds is 10. The number of H-pyrrole nitrogens is 1. The zero-order valence-corrected chi connectivity index (χ0v) is 23.6. The minimum atomic E-state index is -4.20. The van der Waals surface area contributed by atoms with Crippen molar-refractivity contribution >= 4 is 38.3 Å². The average Bonchev–Trinajstić information content (AvgIpc) is 3.34. The summed E-state index contributed by atoms with van der Waals surface area (Å²) in [6.07, 6.45) is 4.34. The number of likely N-dealkylation sites (tertiary alicyclic amines) is 1. The second-order valence-corrected chi connectivity index (χ2v) is 11.8. The van der Waals surface area contributed by atoms with E-state index in [0.717, 1.165) is 43.5 Å². The molecule has 3 heterocycles. The van der Waals surface area contributed by atoms with E-state index in [9.17, 15) is 8.42 Å². The Morgan fingerprint density at radius 1 is 1.00 bits per heavy atom. The summed E-state index contributed by atoms with van der Waals surface area (Å²) in [7, 11) is 2.26. The van der Waals surface area contributed by atoms with Gasteiger partial charge in [0.25, 0.3) is 10.0 Å². The summed E-state index contributed by atoms with van der Waals surface area (Å²) >= 11 is 0. The second kappa shape index (κ2) is 10.2. The number of hydrogen-bond donors (Lipinski definition) is 3. The molecule has 1 saturated carbocycles. The number of aromatic amines is 1. The molecular weight excluding hydrogens is 536 g/mol. The van der Waals surface area contributed by atoms with Crippen molar-refractivity contribution in [3.05, 3.63) is 41.6 Å². The van der Waals surface area contributed by atoms with E-state index in [1.54, 1.807) is 24.3 Å². The van der Waals surface area contributed by atoms with Crippen molar-refractivity contribution in [1.29, 1.82) is 0 Å². The highest BCUT2D eigenvalue weighted by Crippen LogP contribution is 2.43. The average molecular weight is 569 g/mol. The Morgan fingerprint density at radius 3 is 2.35 bits per heavy atom. The number of hydrogen-bond acceptors (Lipinski definition) is 10. The van der Waals surface area contributed by atoms with Crippen molar-refractivity contribution in [2.45, 2.75) is 42.5 Å². The van der Waals surface area contributed by atoms with E-state index >= 15 is 0 Å². The molecule has 2 aliphatic rings. The topological polar surface area (TPSA) is 144 Å². The number of aromatic nitrogens is 3. The maximum absolute atomic E-state index is 13.7. The molecule has 1 atom stereocenters. The number of nitrogens with zero attached hydrogens (tertiary/aromatic N) is 3. The molecule has 1 aliphatic carbocycles. The van der Waals surface area contributed by atoms with E-state index < -0.39 is 10.0 Å². The van der Waals surface area contributed by atoms with Crippen molar-refractivity contribution in [3.8, 4) is 17.2 Å². The summed E-state index contributed by atoms with van der Waals surface area (Å²) in [5, 5.41) is 15.0. The van der Waals surface area contributed by atoms with Gasteiger partial charge >= 0.3 is 0 Å². The van der Waals surface area contributed by atoms with Crippen LogP contribution in [0.1, 0.15) is 48.9 Å². The molecular formula is C27H32N6O6S. The number of sulfonamides is 1. The molecule has 1 aliphatic heterocycles. The standard InChI is InChI=1S/C27H32N6O6S/c1-33-9-5-6-20(33)16-10-23(37-3)26(24(11-16)38-4)40(34,35)32-27-17-12-22(36-2)19(13-21(17)39-31-27)28-25-14-18(29-30-25)15-7-8-15/h10-15,20H,5-9H2,1-4H3,(H,31,32)(H2,28,29,30)/t20-/m1/s1. The minimum Gasteiger partial charge on any atom is -0.495 e. The molecule has 6 rings (SSSR count). The predicted octanol–water partition coefficient (Wildman–Crippen LogP) is 4.77. The highest BCUT2D eigenvalue weighted by molar-refractivity contribution is 7.93. The largest absolute Gasteiger partial charge is 0.495 e. The van der Waals surface area contributed by atoms with Gasteiger partial charge in [0.15, 0.2) is 16.3 Å². The molecule has 0 spiro atoms. The first-order chi connectivity index (χ1) is 19.3. The third kappa shape index (κ3) is 4.79. The van der Waals surface area contributed by atoms with Crippen molar-refractivity contribution in [2.75, 3.05) is 45.0 Å². The molecule has 40 heavy (non-hydrogen) atoms. The highest BCUT2D eigenvalue weighted by Gasteiger charge is 2.31. The van der Waals surface area contributed by atoms with Gasteiger partial charge in [0.1, 0.15) is 23.1 Å². The Morgan fingerprint density at radius 2 is 1.73 bits per heavy atom. The Labute approximate surface area is 232 Å². The lowest BCUT2D eigenvalue weighted by atomic mass is 10.0. The van der Waals surface area contributed by atoms with E-state index in [2.05, 4.69) is 30.3 Å². The fraction of sp³-hybridized carbons (Fsp3) is 0.407. The van der Waals surface area contributed by atoms with E-state index in [1.165, 1.54) is 21.3 Å². The van der Waals surface area contributed by atoms with Gasteiger partial charge in [0, 0.05) is 24.1 Å². The van der Waals surface area contributed by atoms with Crippen LogP contribution in [0.5, 0.6) is 17.2 Å². The lowest BCUT2D eigenvalue weighted by molar-refractivity contribution is 0.313. The van der Waals surface area contributed by atoms with Crippen LogP contribution < -0.4 is 24.2 Å². The van der Waals surface area contributed by atoms with Crippen LogP contribution in [0.3, 0.4) is 0 Å². The van der Waals surface area contributed by atoms with Crippen molar-refractivity contribution in [2.24, 2.45) is 0 Å². The first-order valence-corrected chi connectivity index (χ1v) is 14.6. The maximum Gasteiger partial charge on any atom is 0.270 e. The normalized spacial score (nSPS) is 17.8. The molecule has 2 aromatic carbocycles. The smallest absolute Gasteiger partial charge is 0.270 e. The van der Waals surface area contributed by atoms with Crippen LogP contribution in [-0.4, -0.2) is 63.6 Å². The van der Waals surface area contributed by atoms with Gasteiger partial charge in [-0.15, -0.1) is 0 Å². The molecule has 2 fully saturated rings. The van der Waals surface area contributed by atoms with Crippen LogP contribution in [0.15, 0.2) is 39.8 Å². The molecule has 1 saturated heterocycles. The highest BCUT2D eigenvalue weighted by atomic mass is 32.2. The summed E-state index contributed by atoms with van der Waals surface area (Å²) < 4.78 is 52.2. The lowest BCUT2D eigenvalue weighted by Crippen LogP contribution is -2.19. The third-order valence-electron chi connectivity index (χ3n) is 7.54. The summed E-state index contributed by atoms with van der Waals surface area (Å²) in [6.45, 7) is 0.972. The third-order valence-corrected chi connectivity index (χ3v) is 8.94. The Hall–Kier alpha value is -3.97. The monoisotopic (exact) mass is 568 g/mol. The van der Waals surface area contributed by atoms with E-state index in [1.807, 2.05) is 13.1 Å². The number of ether oxygens (including phenoxy) is 3. The van der Waals surface area contributed by atoms with Crippen molar-refractivity contribution < 1.29 is 27.2 Å². The van der Waals surface area contributed by atoms with Gasteiger partial charge in [-0.2, -0.15) is 5.10 Å². The second-order valence-electron chi connectivity index (χ2n) is 10.2. The number of fused-ring (bicyclic) bond motifs is 1. The summed E-state index contributed by atoms with van der Waals surface area (Å²) in [5.41, 5.74) is 2.93. The van der Waals surface area contributed by atoms with Crippen LogP contribution in [0.4, 0.5) is 17.3 Å². The number of benzene rings is 2. The molecule has 0 bridgehead atoms. The van der Waals surface area contributed by atoms with Crippen LogP contribution in [-0.2, 0) is 10.0 Å². The summed E-state index contributed by atoms with van der Waals surface area (Å²) in [4.78, 5) is 2.12. The minimum absolute atomic E-state index is 0.0149. The Bertz CT molecular complexity index is 1640. The molecule has 4 aromatic rings. The molecule has 0 amide bonds. The van der Waals surface area contributed by atoms with Gasteiger partial charge in [-0.05, 0) is 63.0 Å². The Balaban J connectivity index is 1.32. The maximum atomic E-state index is 13.7. The van der Waals surface area contributed by atoms with Crippen molar-refractivity contribution in [3.63, 3.8) is 0 Å². The summed E-state index contributed by atoms with van der Waals surface area (Å²) in [6, 6.07) is 9.01. The van der Waals surface area contributed by atoms with Gasteiger partial charge in [-0.1, -0.05) is 5.16 Å². The SMILES string of the molecule is COc1cc2c(NS(=O)(=O)c3c(OC)cc([C@H]4CCCN4C)cc3OC)noc2cc1Nc1cc(C2CC2)n[nH]1. The van der Waals surface area contributed by atoms with Gasteiger partial charge in [-0.3, -0.25) is 14.7 Å². The van der Waals surface area contributed by atoms with E-state index in [-0.39, 0.29) is 28.3 Å². The van der Waals surface area contributed by atoms with Crippen LogP contribution in [0, 0.1) is 0 Å². The van der Waals surface area contributed by atoms with Gasteiger partial charge in [-0.25, -0.2) is 8.42 Å². The first kappa shape index (κ1) is 26.3. The van der Waals surface area contributed by atoms with Crippen LogP contribution in [0.25, 0.3) is 11.0 Å². The van der Waals surface area contributed by atoms with E-state index in [0.29, 0.717) is 34.1 Å². The fourth-order valence-corrected chi connectivity index (χ4v) is 6.62. The number of nitrogens with one attached hydrogen (secondary N) is 3. The van der Waals surface area contributed by atoms with Crippen molar-refractivity contribution in [1.82, 2.24) is 20.3 Å². The zero-order chi connectivity index (χ0) is 28.0. The first-order valence-electron chi connectivity index (χ1n) is 13.1. The predicted molar refractivity (Wildman–Crippen MR) is 149 cm³/mol. The molecule has 2 aromatic heterocycles. The summed E-state index contributed by atoms with van der Waals surface area (Å²) in [5.74, 6) is 2.08. The molecule has 3 N–H and O–H groups in total. The van der Waals surface area contributed by atoms with Gasteiger partial charge < -0.3 is 24.1 Å². The molecule has 0 unspecified atom stereocenters. The van der Waals surface area contributed by atoms with Crippen LogP contribution in [0.2, 0.25) is 0 Å². The van der Waals surface area contributed by atoms with E-state index in [4.69, 9.17) is 18.7 Å². The molecule has 12 nitrogen and oxygen atoms in total. The van der Waals surface area contributed by atoms with Crippen LogP contribution >= 0.6 is 0 Å².